The van der Waals surface area contributed by atoms with E-state index in [-0.39, 0.29) is 13.1 Å². The lowest BCUT2D eigenvalue weighted by Crippen LogP contribution is -2.53. The topological polar surface area (TPSA) is 40.5 Å². The Balaban J connectivity index is 2.27. The number of amides is 1. The van der Waals surface area contributed by atoms with Crippen molar-refractivity contribution in [2.75, 3.05) is 13.1 Å². The van der Waals surface area contributed by atoms with Gasteiger partial charge in [-0.05, 0) is 6.07 Å². The number of halogens is 3. The normalized spacial score (nSPS) is 16.1. The molecule has 1 saturated heterocycles. The highest BCUT2D eigenvalue weighted by molar-refractivity contribution is 5.95. The predicted octanol–water partition coefficient (Wildman–Crippen LogP) is 0.921. The molecule has 16 heavy (non-hydrogen) atoms. The summed E-state index contributed by atoms with van der Waals surface area (Å²) in [6, 6.07) is 0.858. The Morgan fingerprint density at radius 3 is 2.31 bits per heavy atom. The van der Waals surface area contributed by atoms with Crippen LogP contribution < -0.4 is 0 Å². The third-order valence-corrected chi connectivity index (χ3v) is 2.39. The Morgan fingerprint density at radius 1 is 1.19 bits per heavy atom. The summed E-state index contributed by atoms with van der Waals surface area (Å²) in [4.78, 5) is 12.7. The van der Waals surface area contributed by atoms with Crippen molar-refractivity contribution >= 4 is 5.91 Å². The van der Waals surface area contributed by atoms with Gasteiger partial charge in [-0.1, -0.05) is 0 Å². The summed E-state index contributed by atoms with van der Waals surface area (Å²) in [7, 11) is 0. The molecule has 1 aromatic carbocycles. The molecular weight excluding hydrogens is 223 g/mol. The fourth-order valence-corrected chi connectivity index (χ4v) is 1.48. The van der Waals surface area contributed by atoms with Crippen molar-refractivity contribution in [3.8, 4) is 0 Å². The van der Waals surface area contributed by atoms with Gasteiger partial charge in [-0.3, -0.25) is 4.79 Å². The Hall–Kier alpha value is -1.56. The highest BCUT2D eigenvalue weighted by Gasteiger charge is 2.31. The van der Waals surface area contributed by atoms with Crippen LogP contribution in [0.1, 0.15) is 10.4 Å². The van der Waals surface area contributed by atoms with Crippen LogP contribution in [0.15, 0.2) is 12.1 Å². The number of β-amino-alcohol motifs (C(OH)–C–C–N with tert-alkyl or cyclic N) is 1. The first kappa shape index (κ1) is 10.9. The van der Waals surface area contributed by atoms with Crippen LogP contribution in [0.4, 0.5) is 13.2 Å². The molecule has 2 rings (SSSR count). The lowest BCUT2D eigenvalue weighted by molar-refractivity contribution is 0.00555. The molecule has 0 unspecified atom stereocenters. The number of carbonyl (C=O) groups excluding carboxylic acids is 1. The van der Waals surface area contributed by atoms with Crippen molar-refractivity contribution in [3.05, 3.63) is 35.1 Å². The van der Waals surface area contributed by atoms with E-state index in [2.05, 4.69) is 0 Å². The Morgan fingerprint density at radius 2 is 1.75 bits per heavy atom. The number of aliphatic hydroxyl groups excluding tert-OH is 1. The van der Waals surface area contributed by atoms with Crippen LogP contribution in [0.3, 0.4) is 0 Å². The molecule has 1 amide bonds. The molecule has 1 aromatic rings. The minimum absolute atomic E-state index is 0.0806. The van der Waals surface area contributed by atoms with E-state index in [0.29, 0.717) is 12.1 Å². The van der Waals surface area contributed by atoms with Gasteiger partial charge in [-0.25, -0.2) is 13.2 Å². The molecule has 6 heteroatoms. The summed E-state index contributed by atoms with van der Waals surface area (Å²) in [5, 5.41) is 8.96. The summed E-state index contributed by atoms with van der Waals surface area (Å²) in [5.41, 5.74) is -0.522. The highest BCUT2D eigenvalue weighted by Crippen LogP contribution is 2.18. The van der Waals surface area contributed by atoms with Gasteiger partial charge >= 0.3 is 0 Å². The lowest BCUT2D eigenvalue weighted by atomic mass is 10.1. The Bertz CT molecular complexity index is 444. The summed E-state index contributed by atoms with van der Waals surface area (Å²) in [5.74, 6) is -4.46. The summed E-state index contributed by atoms with van der Waals surface area (Å²) >= 11 is 0. The van der Waals surface area contributed by atoms with Gasteiger partial charge < -0.3 is 10.0 Å². The van der Waals surface area contributed by atoms with Crippen molar-refractivity contribution in [1.82, 2.24) is 4.90 Å². The van der Waals surface area contributed by atoms with Crippen molar-refractivity contribution in [2.45, 2.75) is 6.10 Å². The first-order valence-corrected chi connectivity index (χ1v) is 4.61. The van der Waals surface area contributed by atoms with Gasteiger partial charge in [0.05, 0.1) is 11.7 Å². The van der Waals surface area contributed by atoms with E-state index >= 15 is 0 Å². The molecule has 1 N–H and O–H groups in total. The molecular formula is C10H8F3NO2. The molecule has 1 aliphatic heterocycles. The van der Waals surface area contributed by atoms with Gasteiger partial charge in [-0.15, -0.1) is 0 Å². The van der Waals surface area contributed by atoms with Crippen LogP contribution >= 0.6 is 0 Å². The number of aliphatic hydroxyl groups is 1. The smallest absolute Gasteiger partial charge is 0.257 e. The van der Waals surface area contributed by atoms with E-state index < -0.39 is 35.0 Å². The zero-order valence-corrected chi connectivity index (χ0v) is 8.08. The SMILES string of the molecule is O=C(c1cc(F)c(F)cc1F)N1CC(O)C1. The van der Waals surface area contributed by atoms with Crippen LogP contribution in [0.2, 0.25) is 0 Å². The molecule has 0 spiro atoms. The predicted molar refractivity (Wildman–Crippen MR) is 48.2 cm³/mol. The third-order valence-electron chi connectivity index (χ3n) is 2.39. The first-order chi connectivity index (χ1) is 7.49. The molecule has 0 atom stereocenters. The van der Waals surface area contributed by atoms with Crippen LogP contribution in [-0.2, 0) is 0 Å². The number of hydrogen-bond donors (Lipinski definition) is 1. The maximum atomic E-state index is 13.2. The number of hydrogen-bond acceptors (Lipinski definition) is 2. The molecule has 1 heterocycles. The maximum absolute atomic E-state index is 13.2. The maximum Gasteiger partial charge on any atom is 0.257 e. The molecule has 86 valence electrons. The lowest BCUT2D eigenvalue weighted by Gasteiger charge is -2.35. The van der Waals surface area contributed by atoms with Gasteiger partial charge in [0, 0.05) is 19.2 Å². The third kappa shape index (κ3) is 1.76. The first-order valence-electron chi connectivity index (χ1n) is 4.61. The van der Waals surface area contributed by atoms with Crippen LogP contribution in [-0.4, -0.2) is 35.1 Å². The number of likely N-dealkylation sites (tertiary alicyclic amines) is 1. The van der Waals surface area contributed by atoms with E-state index in [1.807, 2.05) is 0 Å². The van der Waals surface area contributed by atoms with Crippen molar-refractivity contribution < 1.29 is 23.1 Å². The van der Waals surface area contributed by atoms with E-state index in [4.69, 9.17) is 5.11 Å². The average molecular weight is 231 g/mol. The summed E-state index contributed by atoms with van der Waals surface area (Å²) < 4.78 is 38.6. The zero-order valence-electron chi connectivity index (χ0n) is 8.08. The quantitative estimate of drug-likeness (QED) is 0.730. The van der Waals surface area contributed by atoms with Crippen LogP contribution in [0.5, 0.6) is 0 Å². The molecule has 1 fully saturated rings. The summed E-state index contributed by atoms with van der Waals surface area (Å²) in [6.07, 6.45) is -0.627. The molecule has 0 saturated carbocycles. The second kappa shape index (κ2) is 3.79. The van der Waals surface area contributed by atoms with Crippen molar-refractivity contribution in [2.24, 2.45) is 0 Å². The fourth-order valence-electron chi connectivity index (χ4n) is 1.48. The molecule has 0 aromatic heterocycles. The van der Waals surface area contributed by atoms with Crippen molar-refractivity contribution in [1.29, 1.82) is 0 Å². The average Bonchev–Trinajstić information content (AvgIpc) is 2.18. The molecule has 0 radical (unpaired) electrons. The van der Waals surface area contributed by atoms with Crippen LogP contribution in [0.25, 0.3) is 0 Å². The standard InChI is InChI=1S/C10H8F3NO2/c11-7-2-9(13)8(12)1-6(7)10(16)14-3-5(15)4-14/h1-2,5,15H,3-4H2. The fraction of sp³-hybridized carbons (Fsp3) is 0.300. The van der Waals surface area contributed by atoms with E-state index in [1.165, 1.54) is 0 Å². The van der Waals surface area contributed by atoms with E-state index in [1.54, 1.807) is 0 Å². The number of carbonyl (C=O) groups is 1. The molecule has 1 aliphatic rings. The molecule has 0 aliphatic carbocycles. The molecule has 0 bridgehead atoms. The van der Waals surface area contributed by atoms with Gasteiger partial charge in [0.25, 0.3) is 5.91 Å². The Kier molecular flexibility index (Phi) is 2.59. The van der Waals surface area contributed by atoms with Gasteiger partial charge in [-0.2, -0.15) is 0 Å². The van der Waals surface area contributed by atoms with E-state index in [9.17, 15) is 18.0 Å². The second-order valence-electron chi connectivity index (χ2n) is 3.61. The van der Waals surface area contributed by atoms with Gasteiger partial charge in [0.15, 0.2) is 11.6 Å². The van der Waals surface area contributed by atoms with Crippen molar-refractivity contribution in [3.63, 3.8) is 0 Å². The number of nitrogens with zero attached hydrogens (tertiary/aromatic N) is 1. The van der Waals surface area contributed by atoms with Gasteiger partial charge in [0.2, 0.25) is 0 Å². The van der Waals surface area contributed by atoms with E-state index in [0.717, 1.165) is 4.90 Å². The second-order valence-corrected chi connectivity index (χ2v) is 3.61. The minimum Gasteiger partial charge on any atom is -0.389 e. The Labute approximate surface area is 89.1 Å². The number of benzene rings is 1. The monoisotopic (exact) mass is 231 g/mol. The zero-order chi connectivity index (χ0) is 11.9. The molecule has 3 nitrogen and oxygen atoms in total. The minimum atomic E-state index is -1.34. The number of rotatable bonds is 1. The largest absolute Gasteiger partial charge is 0.389 e. The van der Waals surface area contributed by atoms with Crippen LogP contribution in [0, 0.1) is 17.5 Å². The highest BCUT2D eigenvalue weighted by atomic mass is 19.2. The summed E-state index contributed by atoms with van der Waals surface area (Å²) in [6.45, 7) is 0.161. The van der Waals surface area contributed by atoms with Gasteiger partial charge in [0.1, 0.15) is 5.82 Å².